The van der Waals surface area contributed by atoms with Crippen molar-refractivity contribution in [3.05, 3.63) is 96.4 Å². The molecule has 6 nitrogen and oxygen atoms in total. The van der Waals surface area contributed by atoms with Gasteiger partial charge >= 0.3 is 0 Å². The van der Waals surface area contributed by atoms with E-state index in [4.69, 9.17) is 0 Å². The van der Waals surface area contributed by atoms with Crippen molar-refractivity contribution in [1.29, 1.82) is 0 Å². The Kier molecular flexibility index (Phi) is 6.11. The molecule has 3 aromatic carbocycles. The predicted molar refractivity (Wildman–Crippen MR) is 127 cm³/mol. The van der Waals surface area contributed by atoms with Crippen LogP contribution in [0.25, 0.3) is 10.8 Å². The largest absolute Gasteiger partial charge is 0.325 e. The molecule has 1 heterocycles. The average Bonchev–Trinajstić information content (AvgIpc) is 3.08. The maximum absolute atomic E-state index is 12.6. The van der Waals surface area contributed by atoms with Gasteiger partial charge in [0.1, 0.15) is 0 Å². The maximum Gasteiger partial charge on any atom is 0.271 e. The molecule has 0 aliphatic carbocycles. The molecule has 1 aromatic heterocycles. The van der Waals surface area contributed by atoms with Crippen LogP contribution < -0.4 is 5.32 Å². The lowest BCUT2D eigenvalue weighted by Gasteiger charge is -2.07. The third-order valence-corrected chi connectivity index (χ3v) is 6.76. The smallest absolute Gasteiger partial charge is 0.271 e. The molecule has 0 aliphatic heterocycles. The number of nitro benzene ring substituents is 1. The number of nitro groups is 1. The van der Waals surface area contributed by atoms with Gasteiger partial charge in [0, 0.05) is 27.9 Å². The van der Waals surface area contributed by atoms with Crippen LogP contribution in [-0.2, 0) is 17.6 Å². The van der Waals surface area contributed by atoms with Gasteiger partial charge in [0.15, 0.2) is 0 Å². The fraction of sp³-hybridized carbons (Fsp3) is 0.130. The third-order valence-electron chi connectivity index (χ3n) is 4.91. The number of rotatable bonds is 6. The molecule has 0 unspecified atom stereocenters. The second-order valence-electron chi connectivity index (χ2n) is 7.08. The summed E-state index contributed by atoms with van der Waals surface area (Å²) in [6, 6.07) is 18.8. The van der Waals surface area contributed by atoms with Crippen molar-refractivity contribution in [2.45, 2.75) is 19.8 Å². The number of non-ortho nitro benzene ring substituents is 1. The first-order chi connectivity index (χ1) is 14.9. The van der Waals surface area contributed by atoms with Crippen molar-refractivity contribution in [1.82, 2.24) is 4.98 Å². The topological polar surface area (TPSA) is 85.1 Å². The number of hydrogen-bond acceptors (Lipinski definition) is 5. The summed E-state index contributed by atoms with van der Waals surface area (Å²) in [7, 11) is 0. The van der Waals surface area contributed by atoms with Crippen LogP contribution in [-0.4, -0.2) is 15.8 Å². The summed E-state index contributed by atoms with van der Waals surface area (Å²) in [6.45, 7) is 1.90. The van der Waals surface area contributed by atoms with Crippen LogP contribution in [0.1, 0.15) is 21.1 Å². The molecule has 0 saturated carbocycles. The molecule has 4 aromatic rings. The Bertz CT molecular complexity index is 1300. The summed E-state index contributed by atoms with van der Waals surface area (Å²) >= 11 is 4.84. The Morgan fingerprint density at radius 2 is 1.94 bits per heavy atom. The summed E-state index contributed by atoms with van der Waals surface area (Å²) < 4.78 is 0.587. The zero-order valence-corrected chi connectivity index (χ0v) is 19.0. The number of carbonyl (C=O) groups is 1. The van der Waals surface area contributed by atoms with E-state index < -0.39 is 4.92 Å². The normalized spacial score (nSPS) is 10.9. The molecule has 0 fully saturated rings. The van der Waals surface area contributed by atoms with Gasteiger partial charge < -0.3 is 5.32 Å². The number of halogens is 1. The minimum absolute atomic E-state index is 0.0788. The van der Waals surface area contributed by atoms with Crippen molar-refractivity contribution in [2.75, 3.05) is 5.32 Å². The summed E-state index contributed by atoms with van der Waals surface area (Å²) in [6.07, 6.45) is 0.860. The lowest BCUT2D eigenvalue weighted by Crippen LogP contribution is -2.14. The molecule has 0 bridgehead atoms. The van der Waals surface area contributed by atoms with E-state index in [1.807, 2.05) is 25.1 Å². The monoisotopic (exact) mass is 495 g/mol. The van der Waals surface area contributed by atoms with Gasteiger partial charge in [0.05, 0.1) is 27.7 Å². The summed E-state index contributed by atoms with van der Waals surface area (Å²) in [5.74, 6) is -0.246. The number of benzene rings is 3. The Morgan fingerprint density at radius 1 is 1.16 bits per heavy atom. The van der Waals surface area contributed by atoms with Crippen molar-refractivity contribution >= 4 is 55.3 Å². The van der Waals surface area contributed by atoms with Crippen LogP contribution >= 0.6 is 27.3 Å². The number of fused-ring (bicyclic) bond motifs is 1. The molecule has 0 atom stereocenters. The van der Waals surface area contributed by atoms with Gasteiger partial charge in [-0.1, -0.05) is 42.5 Å². The number of hydrogen-bond donors (Lipinski definition) is 1. The SMILES string of the molecule is Cc1nc(Cc2cccc3ccccc23)sc1CC(=O)Nc1cc([N+](=O)[O-])ccc1Br. The molecule has 0 saturated heterocycles. The van der Waals surface area contributed by atoms with Crippen LogP contribution in [0, 0.1) is 17.0 Å². The second kappa shape index (κ2) is 8.95. The van der Waals surface area contributed by atoms with Gasteiger partial charge in [0.2, 0.25) is 5.91 Å². The van der Waals surface area contributed by atoms with Gasteiger partial charge in [-0.3, -0.25) is 14.9 Å². The molecule has 4 rings (SSSR count). The van der Waals surface area contributed by atoms with E-state index in [1.165, 1.54) is 39.8 Å². The molecule has 0 spiro atoms. The zero-order valence-electron chi connectivity index (χ0n) is 16.6. The molecule has 156 valence electrons. The van der Waals surface area contributed by atoms with E-state index in [0.29, 0.717) is 16.6 Å². The fourth-order valence-electron chi connectivity index (χ4n) is 3.40. The molecule has 31 heavy (non-hydrogen) atoms. The van der Waals surface area contributed by atoms with Gasteiger partial charge in [-0.05, 0) is 45.3 Å². The molecule has 1 amide bonds. The average molecular weight is 496 g/mol. The van der Waals surface area contributed by atoms with Gasteiger partial charge in [0.25, 0.3) is 5.69 Å². The first kappa shape index (κ1) is 21.1. The number of aromatic nitrogens is 1. The first-order valence-corrected chi connectivity index (χ1v) is 11.2. The van der Waals surface area contributed by atoms with Gasteiger partial charge in [-0.2, -0.15) is 0 Å². The van der Waals surface area contributed by atoms with Crippen LogP contribution in [0.2, 0.25) is 0 Å². The first-order valence-electron chi connectivity index (χ1n) is 9.56. The standard InChI is InChI=1S/C23H18BrN3O3S/c1-14-21(13-22(28)26-20-12-17(27(29)30)9-10-19(20)24)31-23(25-14)11-16-7-4-6-15-5-2-3-8-18(15)16/h2-10,12H,11,13H2,1H3,(H,26,28). The Labute approximate surface area is 191 Å². The minimum Gasteiger partial charge on any atom is -0.325 e. The highest BCUT2D eigenvalue weighted by Gasteiger charge is 2.16. The number of carbonyl (C=O) groups excluding carboxylic acids is 1. The molecular formula is C23H18BrN3O3S. The molecule has 1 N–H and O–H groups in total. The van der Waals surface area contributed by atoms with Crippen molar-refractivity contribution in [3.63, 3.8) is 0 Å². The van der Waals surface area contributed by atoms with Crippen molar-refractivity contribution in [3.8, 4) is 0 Å². The zero-order chi connectivity index (χ0) is 22.0. The van der Waals surface area contributed by atoms with Crippen molar-refractivity contribution in [2.24, 2.45) is 0 Å². The Morgan fingerprint density at radius 3 is 2.74 bits per heavy atom. The number of anilines is 1. The summed E-state index contributed by atoms with van der Waals surface area (Å²) in [4.78, 5) is 28.6. The van der Waals surface area contributed by atoms with E-state index in [2.05, 4.69) is 50.5 Å². The number of aryl methyl sites for hydroxylation is 1. The van der Waals surface area contributed by atoms with E-state index in [0.717, 1.165) is 15.6 Å². The second-order valence-corrected chi connectivity index (χ2v) is 9.10. The van der Waals surface area contributed by atoms with Crippen LogP contribution in [0.15, 0.2) is 65.1 Å². The van der Waals surface area contributed by atoms with E-state index >= 15 is 0 Å². The highest BCUT2D eigenvalue weighted by atomic mass is 79.9. The summed E-state index contributed by atoms with van der Waals surface area (Å²) in [5, 5.41) is 17.1. The van der Waals surface area contributed by atoms with E-state index in [1.54, 1.807) is 6.07 Å². The Balaban J connectivity index is 1.50. The van der Waals surface area contributed by atoms with Gasteiger partial charge in [-0.15, -0.1) is 11.3 Å². The van der Waals surface area contributed by atoms with E-state index in [9.17, 15) is 14.9 Å². The Hall–Kier alpha value is -3.10. The molecule has 0 radical (unpaired) electrons. The van der Waals surface area contributed by atoms with Crippen LogP contribution in [0.4, 0.5) is 11.4 Å². The highest BCUT2D eigenvalue weighted by molar-refractivity contribution is 9.10. The third kappa shape index (κ3) is 4.81. The molecular weight excluding hydrogens is 478 g/mol. The predicted octanol–water partition coefficient (Wildman–Crippen LogP) is 6.05. The van der Waals surface area contributed by atoms with Gasteiger partial charge in [-0.25, -0.2) is 4.98 Å². The quantitative estimate of drug-likeness (QED) is 0.260. The number of nitrogens with one attached hydrogen (secondary N) is 1. The number of amides is 1. The highest BCUT2D eigenvalue weighted by Crippen LogP contribution is 2.29. The minimum atomic E-state index is -0.491. The number of nitrogens with zero attached hydrogens (tertiary/aromatic N) is 2. The maximum atomic E-state index is 12.6. The number of thiazole rings is 1. The lowest BCUT2D eigenvalue weighted by molar-refractivity contribution is -0.384. The van der Waals surface area contributed by atoms with Crippen LogP contribution in [0.3, 0.4) is 0 Å². The molecule has 0 aliphatic rings. The van der Waals surface area contributed by atoms with Crippen molar-refractivity contribution < 1.29 is 9.72 Å². The molecule has 8 heteroatoms. The lowest BCUT2D eigenvalue weighted by atomic mass is 10.0. The van der Waals surface area contributed by atoms with E-state index in [-0.39, 0.29) is 18.0 Å². The fourth-order valence-corrected chi connectivity index (χ4v) is 4.84. The summed E-state index contributed by atoms with van der Waals surface area (Å²) in [5.41, 5.74) is 2.32. The van der Waals surface area contributed by atoms with Crippen LogP contribution in [0.5, 0.6) is 0 Å².